The molecule has 4 aromatic carbocycles. The molecule has 0 atom stereocenters. The number of rotatable bonds is 3. The van der Waals surface area contributed by atoms with Crippen LogP contribution in [0, 0.1) is 12.8 Å². The summed E-state index contributed by atoms with van der Waals surface area (Å²) in [7, 11) is 2.18. The minimum atomic E-state index is 0.541. The van der Waals surface area contributed by atoms with E-state index in [-0.39, 0.29) is 0 Å². The maximum atomic E-state index is 7.01. The van der Waals surface area contributed by atoms with Crippen LogP contribution < -0.4 is 9.30 Å². The largest absolute Gasteiger partial charge is 0.455 e. The number of nitrogens with zero attached hydrogens (tertiary/aromatic N) is 1. The van der Waals surface area contributed by atoms with Crippen LogP contribution in [0.15, 0.2) is 60.8 Å². The molecule has 0 saturated heterocycles. The van der Waals surface area contributed by atoms with E-state index in [9.17, 15) is 0 Å². The zero-order valence-electron chi connectivity index (χ0n) is 22.5. The van der Waals surface area contributed by atoms with Crippen LogP contribution in [0.1, 0.15) is 68.6 Å². The summed E-state index contributed by atoms with van der Waals surface area (Å²) < 4.78 is 9.31. The van der Waals surface area contributed by atoms with Crippen molar-refractivity contribution in [2.75, 3.05) is 0 Å². The van der Waals surface area contributed by atoms with Crippen LogP contribution >= 0.6 is 0 Å². The molecule has 0 amide bonds. The number of aromatic nitrogens is 1. The highest BCUT2D eigenvalue weighted by Gasteiger charge is 2.33. The molecule has 5 aromatic rings. The monoisotopic (exact) mass is 486 g/mol. The van der Waals surface area contributed by atoms with Gasteiger partial charge in [-0.2, -0.15) is 0 Å². The summed E-state index contributed by atoms with van der Waals surface area (Å²) in [6.07, 6.45) is 9.98. The van der Waals surface area contributed by atoms with Crippen LogP contribution in [0.4, 0.5) is 0 Å². The zero-order valence-corrected chi connectivity index (χ0v) is 22.5. The van der Waals surface area contributed by atoms with E-state index in [0.717, 1.165) is 17.9 Å². The van der Waals surface area contributed by atoms with Gasteiger partial charge in [-0.25, -0.2) is 4.57 Å². The predicted molar refractivity (Wildman–Crippen MR) is 155 cm³/mol. The molecule has 2 heteroatoms. The highest BCUT2D eigenvalue weighted by atomic mass is 16.5. The fourth-order valence-electron chi connectivity index (χ4n) is 7.12. The highest BCUT2D eigenvalue weighted by Crippen LogP contribution is 2.52. The van der Waals surface area contributed by atoms with Gasteiger partial charge in [-0.3, -0.25) is 0 Å². The van der Waals surface area contributed by atoms with Gasteiger partial charge in [0.05, 0.1) is 10.9 Å². The molecule has 0 N–H and O–H groups in total. The van der Waals surface area contributed by atoms with Crippen molar-refractivity contribution in [1.29, 1.82) is 0 Å². The number of benzene rings is 4. The fraction of sp³-hybridized carbons (Fsp3) is 0.343. The molecule has 0 spiro atoms. The van der Waals surface area contributed by atoms with E-state index in [2.05, 4.69) is 93.2 Å². The Morgan fingerprint density at radius 3 is 2.46 bits per heavy atom. The molecular formula is C35H36NO+. The average Bonchev–Trinajstić information content (AvgIpc) is 2.92. The highest BCUT2D eigenvalue weighted by molar-refractivity contribution is 6.16. The van der Waals surface area contributed by atoms with E-state index in [0.29, 0.717) is 11.8 Å². The topological polar surface area (TPSA) is 13.1 Å². The van der Waals surface area contributed by atoms with Gasteiger partial charge >= 0.3 is 0 Å². The Kier molecular flexibility index (Phi) is 5.29. The lowest BCUT2D eigenvalue weighted by Crippen LogP contribution is -2.32. The number of pyridine rings is 1. The standard InChI is InChI=1S/C35H36NO/c1-21(2)18-30-28-13-9-8-12-26(28)22(3)32-34-33-29(16-17-36(34)4)27-15-14-24(23-10-6-5-7-11-23)19-25(27)20-31(33)37-35(30)32/h8-9,12-17,19-21,23H,5-7,10-11,18H2,1-4H3/q+1. The van der Waals surface area contributed by atoms with Crippen molar-refractivity contribution in [2.24, 2.45) is 13.0 Å². The summed E-state index contributed by atoms with van der Waals surface area (Å²) in [6.45, 7) is 6.88. The van der Waals surface area contributed by atoms with Gasteiger partial charge in [0.15, 0.2) is 6.20 Å². The molecule has 37 heavy (non-hydrogen) atoms. The lowest BCUT2D eigenvalue weighted by molar-refractivity contribution is -0.659. The predicted octanol–water partition coefficient (Wildman–Crippen LogP) is 9.30. The molecule has 1 fully saturated rings. The second kappa shape index (κ2) is 8.58. The second-order valence-electron chi connectivity index (χ2n) is 11.8. The molecule has 2 heterocycles. The van der Waals surface area contributed by atoms with E-state index in [4.69, 9.17) is 4.74 Å². The van der Waals surface area contributed by atoms with Crippen molar-refractivity contribution in [2.45, 2.75) is 65.2 Å². The molecular weight excluding hydrogens is 450 g/mol. The Bertz CT molecular complexity index is 1700. The third-order valence-corrected chi connectivity index (χ3v) is 8.89. The van der Waals surface area contributed by atoms with Gasteiger partial charge in [0.25, 0.3) is 0 Å². The normalized spacial score (nSPS) is 15.5. The van der Waals surface area contributed by atoms with Crippen molar-refractivity contribution in [1.82, 2.24) is 0 Å². The Morgan fingerprint density at radius 2 is 1.68 bits per heavy atom. The third kappa shape index (κ3) is 3.49. The smallest absolute Gasteiger partial charge is 0.228 e. The Hall–Kier alpha value is -3.39. The van der Waals surface area contributed by atoms with Crippen LogP contribution in [-0.2, 0) is 13.5 Å². The number of hydrogen-bond donors (Lipinski definition) is 0. The lowest BCUT2D eigenvalue weighted by Gasteiger charge is -2.26. The van der Waals surface area contributed by atoms with Gasteiger partial charge in [-0.1, -0.05) is 75.6 Å². The van der Waals surface area contributed by atoms with Gasteiger partial charge in [-0.05, 0) is 76.8 Å². The minimum absolute atomic E-state index is 0.541. The lowest BCUT2D eigenvalue weighted by atomic mass is 9.82. The Labute approximate surface area is 219 Å². The summed E-state index contributed by atoms with van der Waals surface area (Å²) in [5.41, 5.74) is 6.68. The Morgan fingerprint density at radius 1 is 0.892 bits per heavy atom. The summed E-state index contributed by atoms with van der Waals surface area (Å²) >= 11 is 0. The van der Waals surface area contributed by atoms with Crippen molar-refractivity contribution in [3.05, 3.63) is 77.5 Å². The van der Waals surface area contributed by atoms with Crippen molar-refractivity contribution in [3.63, 3.8) is 0 Å². The summed E-state index contributed by atoms with van der Waals surface area (Å²) in [4.78, 5) is 0. The quantitative estimate of drug-likeness (QED) is 0.179. The van der Waals surface area contributed by atoms with Crippen molar-refractivity contribution < 1.29 is 9.30 Å². The molecule has 1 aliphatic heterocycles. The summed E-state index contributed by atoms with van der Waals surface area (Å²) in [6, 6.07) is 20.7. The van der Waals surface area contributed by atoms with E-state index in [1.54, 1.807) is 0 Å². The average molecular weight is 487 g/mol. The first kappa shape index (κ1) is 22.8. The number of aryl methyl sites for hydroxylation is 2. The molecule has 2 nitrogen and oxygen atoms in total. The zero-order chi connectivity index (χ0) is 25.3. The first-order chi connectivity index (χ1) is 18.0. The van der Waals surface area contributed by atoms with Gasteiger partial charge in [0.1, 0.15) is 18.5 Å². The Balaban J connectivity index is 1.54. The molecule has 1 saturated carbocycles. The molecule has 186 valence electrons. The minimum Gasteiger partial charge on any atom is -0.455 e. The van der Waals surface area contributed by atoms with Crippen molar-refractivity contribution >= 4 is 32.3 Å². The van der Waals surface area contributed by atoms with Gasteiger partial charge in [-0.15, -0.1) is 0 Å². The van der Waals surface area contributed by atoms with Gasteiger partial charge < -0.3 is 4.74 Å². The molecule has 0 radical (unpaired) electrons. The fourth-order valence-corrected chi connectivity index (χ4v) is 7.12. The molecule has 2 aliphatic rings. The first-order valence-corrected chi connectivity index (χ1v) is 14.1. The van der Waals surface area contributed by atoms with Crippen LogP contribution in [0.5, 0.6) is 11.5 Å². The number of hydrogen-bond acceptors (Lipinski definition) is 1. The molecule has 0 unspecified atom stereocenters. The molecule has 1 aliphatic carbocycles. The number of fused-ring (bicyclic) bond motifs is 5. The summed E-state index contributed by atoms with van der Waals surface area (Å²) in [5.74, 6) is 3.30. The van der Waals surface area contributed by atoms with E-state index >= 15 is 0 Å². The SMILES string of the molecule is Cc1c2c(c(CC(C)C)c3ccccc13)Oc1cc3cc(C4CCCCC4)ccc3c3cc[n+](C)c-2c13. The van der Waals surface area contributed by atoms with Crippen LogP contribution in [-0.4, -0.2) is 0 Å². The van der Waals surface area contributed by atoms with E-state index < -0.39 is 0 Å². The second-order valence-corrected chi connectivity index (χ2v) is 11.8. The maximum Gasteiger partial charge on any atom is 0.228 e. The molecule has 0 bridgehead atoms. The van der Waals surface area contributed by atoms with Gasteiger partial charge in [0.2, 0.25) is 5.69 Å². The first-order valence-electron chi connectivity index (χ1n) is 14.1. The van der Waals surface area contributed by atoms with Crippen LogP contribution in [0.3, 0.4) is 0 Å². The van der Waals surface area contributed by atoms with E-state index in [1.165, 1.54) is 92.4 Å². The molecule has 7 rings (SSSR count). The van der Waals surface area contributed by atoms with Crippen LogP contribution in [0.25, 0.3) is 43.6 Å². The third-order valence-electron chi connectivity index (χ3n) is 8.89. The van der Waals surface area contributed by atoms with Crippen LogP contribution in [0.2, 0.25) is 0 Å². The maximum absolute atomic E-state index is 7.01. The molecule has 1 aromatic heterocycles. The number of ether oxygens (including phenoxy) is 1. The van der Waals surface area contributed by atoms with E-state index in [1.807, 2.05) is 0 Å². The van der Waals surface area contributed by atoms with Gasteiger partial charge in [0, 0.05) is 17.0 Å². The van der Waals surface area contributed by atoms with Crippen molar-refractivity contribution in [3.8, 4) is 22.8 Å². The summed E-state index contributed by atoms with van der Waals surface area (Å²) in [5, 5.41) is 7.82.